The molecule has 2 heteroatoms. The Bertz CT molecular complexity index is 256. The molecule has 1 amide bonds. The first kappa shape index (κ1) is 12.7. The zero-order chi connectivity index (χ0) is 11.0. The van der Waals surface area contributed by atoms with Crippen molar-refractivity contribution < 1.29 is 4.79 Å². The smallest absolute Gasteiger partial charge is 0.218 e. The molecule has 1 unspecified atom stereocenters. The van der Waals surface area contributed by atoms with Crippen LogP contribution in [0.4, 0.5) is 0 Å². The molecule has 1 atom stereocenters. The van der Waals surface area contributed by atoms with Gasteiger partial charge in [-0.25, -0.2) is 0 Å². The van der Waals surface area contributed by atoms with Crippen LogP contribution in [-0.4, -0.2) is 5.91 Å². The van der Waals surface area contributed by atoms with Crippen LogP contribution in [0.1, 0.15) is 38.7 Å². The lowest BCUT2D eigenvalue weighted by Crippen LogP contribution is -2.13. The molecular formula is C12H19NO. The summed E-state index contributed by atoms with van der Waals surface area (Å²) < 4.78 is 0. The minimum absolute atomic E-state index is 0.226. The van der Waals surface area contributed by atoms with Crippen LogP contribution in [0.2, 0.25) is 0 Å². The molecule has 14 heavy (non-hydrogen) atoms. The highest BCUT2D eigenvalue weighted by molar-refractivity contribution is 5.74. The number of hydrogen-bond donors (Lipinski definition) is 1. The van der Waals surface area contributed by atoms with Crippen molar-refractivity contribution in [2.24, 2.45) is 5.73 Å². The van der Waals surface area contributed by atoms with Crippen LogP contribution >= 0.6 is 0 Å². The molecule has 0 aliphatic carbocycles. The van der Waals surface area contributed by atoms with Gasteiger partial charge in [-0.05, 0) is 11.5 Å². The first-order chi connectivity index (χ1) is 6.70. The molecular weight excluding hydrogens is 174 g/mol. The number of benzene rings is 1. The third kappa shape index (κ3) is 4.65. The number of rotatable bonds is 3. The van der Waals surface area contributed by atoms with Crippen molar-refractivity contribution in [2.75, 3.05) is 0 Å². The molecule has 0 fully saturated rings. The number of carbonyl (C=O) groups excluding carboxylic acids is 1. The maximum atomic E-state index is 10.6. The summed E-state index contributed by atoms with van der Waals surface area (Å²) in [4.78, 5) is 10.6. The molecule has 78 valence electrons. The molecule has 0 aromatic heterocycles. The molecule has 0 saturated heterocycles. The SMILES string of the molecule is CC.CC(CC(N)=O)c1ccccc1. The van der Waals surface area contributed by atoms with Gasteiger partial charge in [-0.3, -0.25) is 4.79 Å². The minimum Gasteiger partial charge on any atom is -0.370 e. The number of carbonyl (C=O) groups is 1. The zero-order valence-electron chi connectivity index (χ0n) is 9.16. The molecule has 1 aromatic rings. The Balaban J connectivity index is 0.000000791. The number of amides is 1. The fourth-order valence-electron chi connectivity index (χ4n) is 1.20. The van der Waals surface area contributed by atoms with E-state index in [0.29, 0.717) is 6.42 Å². The van der Waals surface area contributed by atoms with Crippen LogP contribution in [0, 0.1) is 0 Å². The standard InChI is InChI=1S/C10H13NO.C2H6/c1-8(7-10(11)12)9-5-3-2-4-6-9;1-2/h2-6,8H,7H2,1H3,(H2,11,12);1-2H3. The normalized spacial score (nSPS) is 11.1. The molecule has 0 spiro atoms. The van der Waals surface area contributed by atoms with E-state index in [9.17, 15) is 4.79 Å². The number of primary amides is 1. The topological polar surface area (TPSA) is 43.1 Å². The monoisotopic (exact) mass is 193 g/mol. The summed E-state index contributed by atoms with van der Waals surface area (Å²) in [6.45, 7) is 6.00. The highest BCUT2D eigenvalue weighted by Gasteiger charge is 2.06. The Morgan fingerprint density at radius 3 is 2.21 bits per heavy atom. The summed E-state index contributed by atoms with van der Waals surface area (Å²) in [5.74, 6) is -0.0185. The molecule has 0 heterocycles. The van der Waals surface area contributed by atoms with E-state index in [0.717, 1.165) is 5.56 Å². The van der Waals surface area contributed by atoms with Gasteiger partial charge >= 0.3 is 0 Å². The van der Waals surface area contributed by atoms with Gasteiger partial charge in [0.05, 0.1) is 0 Å². The Labute approximate surface area is 86.1 Å². The third-order valence-electron chi connectivity index (χ3n) is 1.88. The van der Waals surface area contributed by atoms with Crippen LogP contribution in [0.25, 0.3) is 0 Å². The van der Waals surface area contributed by atoms with Gasteiger partial charge in [0, 0.05) is 6.42 Å². The van der Waals surface area contributed by atoms with Gasteiger partial charge in [0.1, 0.15) is 0 Å². The van der Waals surface area contributed by atoms with E-state index in [-0.39, 0.29) is 11.8 Å². The first-order valence-electron chi connectivity index (χ1n) is 5.03. The van der Waals surface area contributed by atoms with Crippen LogP contribution in [0.15, 0.2) is 30.3 Å². The van der Waals surface area contributed by atoms with Crippen molar-refractivity contribution in [3.63, 3.8) is 0 Å². The van der Waals surface area contributed by atoms with Gasteiger partial charge in [-0.1, -0.05) is 51.1 Å². The van der Waals surface area contributed by atoms with E-state index in [1.54, 1.807) is 0 Å². The van der Waals surface area contributed by atoms with Gasteiger partial charge in [0.15, 0.2) is 0 Å². The molecule has 0 bridgehead atoms. The lowest BCUT2D eigenvalue weighted by atomic mass is 9.98. The summed E-state index contributed by atoms with van der Waals surface area (Å²) >= 11 is 0. The van der Waals surface area contributed by atoms with E-state index < -0.39 is 0 Å². The van der Waals surface area contributed by atoms with Crippen LogP contribution in [0.3, 0.4) is 0 Å². The fourth-order valence-corrected chi connectivity index (χ4v) is 1.20. The zero-order valence-corrected chi connectivity index (χ0v) is 9.16. The fraction of sp³-hybridized carbons (Fsp3) is 0.417. The van der Waals surface area contributed by atoms with E-state index in [1.165, 1.54) is 0 Å². The molecule has 1 rings (SSSR count). The second-order valence-corrected chi connectivity index (χ2v) is 2.98. The average Bonchev–Trinajstić information content (AvgIpc) is 2.21. The second-order valence-electron chi connectivity index (χ2n) is 2.98. The second kappa shape index (κ2) is 7.13. The van der Waals surface area contributed by atoms with Crippen LogP contribution in [0.5, 0.6) is 0 Å². The average molecular weight is 193 g/mol. The molecule has 0 radical (unpaired) electrons. The van der Waals surface area contributed by atoms with Gasteiger partial charge < -0.3 is 5.73 Å². The van der Waals surface area contributed by atoms with Crippen molar-refractivity contribution in [3.05, 3.63) is 35.9 Å². The molecule has 1 aromatic carbocycles. The largest absolute Gasteiger partial charge is 0.370 e. The van der Waals surface area contributed by atoms with E-state index in [2.05, 4.69) is 0 Å². The Morgan fingerprint density at radius 2 is 1.79 bits per heavy atom. The van der Waals surface area contributed by atoms with Gasteiger partial charge in [-0.15, -0.1) is 0 Å². The maximum absolute atomic E-state index is 10.6. The maximum Gasteiger partial charge on any atom is 0.218 e. The van der Waals surface area contributed by atoms with E-state index in [4.69, 9.17) is 5.73 Å². The van der Waals surface area contributed by atoms with Crippen molar-refractivity contribution in [1.29, 1.82) is 0 Å². The highest BCUT2D eigenvalue weighted by Crippen LogP contribution is 2.17. The number of nitrogens with two attached hydrogens (primary N) is 1. The van der Waals surface area contributed by atoms with Crippen molar-refractivity contribution in [3.8, 4) is 0 Å². The quantitative estimate of drug-likeness (QED) is 0.788. The molecule has 0 saturated carbocycles. The summed E-state index contributed by atoms with van der Waals surface area (Å²) in [6.07, 6.45) is 0.421. The summed E-state index contributed by atoms with van der Waals surface area (Å²) in [5.41, 5.74) is 6.26. The summed E-state index contributed by atoms with van der Waals surface area (Å²) in [5, 5.41) is 0. The van der Waals surface area contributed by atoms with Crippen molar-refractivity contribution in [1.82, 2.24) is 0 Å². The van der Waals surface area contributed by atoms with Crippen molar-refractivity contribution >= 4 is 5.91 Å². The van der Waals surface area contributed by atoms with E-state index >= 15 is 0 Å². The third-order valence-corrected chi connectivity index (χ3v) is 1.88. The summed E-state index contributed by atoms with van der Waals surface area (Å²) in [7, 11) is 0. The molecule has 2 nitrogen and oxygen atoms in total. The Kier molecular flexibility index (Phi) is 6.46. The van der Waals surface area contributed by atoms with Gasteiger partial charge in [0.25, 0.3) is 0 Å². The molecule has 2 N–H and O–H groups in total. The van der Waals surface area contributed by atoms with Crippen LogP contribution < -0.4 is 5.73 Å². The number of hydrogen-bond acceptors (Lipinski definition) is 1. The van der Waals surface area contributed by atoms with E-state index in [1.807, 2.05) is 51.1 Å². The van der Waals surface area contributed by atoms with Crippen molar-refractivity contribution in [2.45, 2.75) is 33.1 Å². The molecule has 0 aliphatic rings. The predicted molar refractivity (Wildman–Crippen MR) is 60.0 cm³/mol. The van der Waals surface area contributed by atoms with Gasteiger partial charge in [0.2, 0.25) is 5.91 Å². The Hall–Kier alpha value is -1.31. The highest BCUT2D eigenvalue weighted by atomic mass is 16.1. The van der Waals surface area contributed by atoms with Gasteiger partial charge in [-0.2, -0.15) is 0 Å². The first-order valence-corrected chi connectivity index (χ1v) is 5.03. The predicted octanol–water partition coefficient (Wildman–Crippen LogP) is 2.69. The minimum atomic E-state index is -0.244. The van der Waals surface area contributed by atoms with Crippen LogP contribution in [-0.2, 0) is 4.79 Å². The lowest BCUT2D eigenvalue weighted by Gasteiger charge is -2.08. The summed E-state index contributed by atoms with van der Waals surface area (Å²) in [6, 6.07) is 9.90. The molecule has 0 aliphatic heterocycles. The lowest BCUT2D eigenvalue weighted by molar-refractivity contribution is -0.118. The Morgan fingerprint density at radius 1 is 1.29 bits per heavy atom.